The van der Waals surface area contributed by atoms with Crippen LogP contribution in [0.5, 0.6) is 0 Å². The predicted octanol–water partition coefficient (Wildman–Crippen LogP) is 1.12. The normalized spacial score (nSPS) is 9.50. The van der Waals surface area contributed by atoms with Crippen LogP contribution in [-0.4, -0.2) is 12.0 Å². The van der Waals surface area contributed by atoms with Gasteiger partial charge in [0.2, 0.25) is 5.96 Å². The number of guanidine groups is 1. The number of halogens is 1. The van der Waals surface area contributed by atoms with E-state index in [0.29, 0.717) is 10.7 Å². The van der Waals surface area contributed by atoms with E-state index in [1.54, 1.807) is 18.2 Å². The number of amides is 2. The monoisotopic (exact) mass is 212 g/mol. The lowest BCUT2D eigenvalue weighted by molar-refractivity contribution is 0.256. The Balaban J connectivity index is 3.12. The van der Waals surface area contributed by atoms with E-state index in [-0.39, 0.29) is 0 Å². The molecule has 74 valence electrons. The first-order valence-corrected chi connectivity index (χ1v) is 4.09. The van der Waals surface area contributed by atoms with Crippen molar-refractivity contribution in [3.8, 4) is 0 Å². The van der Waals surface area contributed by atoms with E-state index >= 15 is 0 Å². The number of rotatable bonds is 1. The van der Waals surface area contributed by atoms with E-state index in [4.69, 9.17) is 28.5 Å². The van der Waals surface area contributed by atoms with Crippen molar-refractivity contribution in [2.75, 3.05) is 4.90 Å². The Kier molecular flexibility index (Phi) is 2.93. The molecule has 0 spiro atoms. The molecule has 0 heterocycles. The number of urea groups is 1. The standard InChI is InChI=1S/C8H9ClN4O/c9-5-2-1-3-6(4-5)13(7(10)11)8(12)14/h1-4H,(H3,10,11)(H2,12,14). The Morgan fingerprint density at radius 3 is 2.50 bits per heavy atom. The van der Waals surface area contributed by atoms with Gasteiger partial charge < -0.3 is 11.5 Å². The number of hydrogen-bond acceptors (Lipinski definition) is 2. The van der Waals surface area contributed by atoms with Gasteiger partial charge in [0, 0.05) is 5.02 Å². The van der Waals surface area contributed by atoms with Gasteiger partial charge in [-0.1, -0.05) is 17.7 Å². The van der Waals surface area contributed by atoms with Gasteiger partial charge in [0.25, 0.3) is 0 Å². The van der Waals surface area contributed by atoms with Crippen molar-refractivity contribution in [3.63, 3.8) is 0 Å². The smallest absolute Gasteiger partial charge is 0.326 e. The molecule has 0 unspecified atom stereocenters. The molecule has 0 saturated heterocycles. The summed E-state index contributed by atoms with van der Waals surface area (Å²) in [7, 11) is 0. The summed E-state index contributed by atoms with van der Waals surface area (Å²) in [5.74, 6) is -0.445. The number of carbonyl (C=O) groups excluding carboxylic acids is 1. The molecular weight excluding hydrogens is 204 g/mol. The molecule has 14 heavy (non-hydrogen) atoms. The highest BCUT2D eigenvalue weighted by Gasteiger charge is 2.15. The highest BCUT2D eigenvalue weighted by atomic mass is 35.5. The maximum absolute atomic E-state index is 10.9. The minimum atomic E-state index is -0.820. The first kappa shape index (κ1) is 10.3. The third kappa shape index (κ3) is 2.14. The van der Waals surface area contributed by atoms with Crippen LogP contribution in [0, 0.1) is 5.41 Å². The highest BCUT2D eigenvalue weighted by molar-refractivity contribution is 6.31. The molecule has 1 aromatic rings. The number of benzene rings is 1. The minimum Gasteiger partial charge on any atom is -0.369 e. The van der Waals surface area contributed by atoms with Crippen molar-refractivity contribution in [2.24, 2.45) is 11.5 Å². The second-order valence-corrected chi connectivity index (χ2v) is 2.98. The van der Waals surface area contributed by atoms with Gasteiger partial charge in [-0.05, 0) is 18.2 Å². The highest BCUT2D eigenvalue weighted by Crippen LogP contribution is 2.18. The number of carbonyl (C=O) groups is 1. The Hall–Kier alpha value is -1.75. The molecule has 0 aromatic heterocycles. The van der Waals surface area contributed by atoms with E-state index in [1.807, 2.05) is 0 Å². The Morgan fingerprint density at radius 1 is 1.43 bits per heavy atom. The fourth-order valence-electron chi connectivity index (χ4n) is 1.00. The molecule has 5 N–H and O–H groups in total. The fourth-order valence-corrected chi connectivity index (χ4v) is 1.18. The van der Waals surface area contributed by atoms with Crippen LogP contribution in [0.4, 0.5) is 10.5 Å². The SMILES string of the molecule is N=C(N)N(C(N)=O)c1cccc(Cl)c1. The molecule has 0 aliphatic heterocycles. The summed E-state index contributed by atoms with van der Waals surface area (Å²) < 4.78 is 0. The Bertz CT molecular complexity index is 365. The van der Waals surface area contributed by atoms with Gasteiger partial charge >= 0.3 is 6.03 Å². The summed E-state index contributed by atoms with van der Waals surface area (Å²) in [6.45, 7) is 0. The number of primary amides is 1. The molecule has 0 atom stereocenters. The third-order valence-electron chi connectivity index (χ3n) is 1.53. The molecule has 6 heteroatoms. The quantitative estimate of drug-likeness (QED) is 0.480. The number of nitrogens with two attached hydrogens (primary N) is 2. The van der Waals surface area contributed by atoms with Gasteiger partial charge in [0.05, 0.1) is 5.69 Å². The van der Waals surface area contributed by atoms with Crippen LogP contribution >= 0.6 is 11.6 Å². The van der Waals surface area contributed by atoms with Crippen LogP contribution in [0.2, 0.25) is 5.02 Å². The summed E-state index contributed by atoms with van der Waals surface area (Å²) in [4.78, 5) is 11.8. The van der Waals surface area contributed by atoms with Crippen molar-refractivity contribution >= 4 is 29.3 Å². The molecule has 0 aliphatic rings. The number of hydrogen-bond donors (Lipinski definition) is 3. The van der Waals surface area contributed by atoms with E-state index in [9.17, 15) is 4.79 Å². The first-order chi connectivity index (χ1) is 6.52. The van der Waals surface area contributed by atoms with Crippen LogP contribution in [-0.2, 0) is 0 Å². The second-order valence-electron chi connectivity index (χ2n) is 2.54. The molecular formula is C8H9ClN4O. The van der Waals surface area contributed by atoms with Crippen LogP contribution < -0.4 is 16.4 Å². The zero-order chi connectivity index (χ0) is 10.7. The molecule has 0 radical (unpaired) electrons. The van der Waals surface area contributed by atoms with E-state index in [1.165, 1.54) is 6.07 Å². The van der Waals surface area contributed by atoms with Gasteiger partial charge in [-0.15, -0.1) is 0 Å². The summed E-state index contributed by atoms with van der Waals surface area (Å²) in [5.41, 5.74) is 10.6. The predicted molar refractivity (Wildman–Crippen MR) is 55.4 cm³/mol. The van der Waals surface area contributed by atoms with Crippen molar-refractivity contribution in [1.82, 2.24) is 0 Å². The van der Waals surface area contributed by atoms with Gasteiger partial charge in [-0.25, -0.2) is 9.69 Å². The van der Waals surface area contributed by atoms with E-state index in [2.05, 4.69) is 0 Å². The van der Waals surface area contributed by atoms with Crippen molar-refractivity contribution < 1.29 is 4.79 Å². The van der Waals surface area contributed by atoms with Crippen molar-refractivity contribution in [2.45, 2.75) is 0 Å². The molecule has 0 bridgehead atoms. The van der Waals surface area contributed by atoms with Crippen molar-refractivity contribution in [1.29, 1.82) is 5.41 Å². The third-order valence-corrected chi connectivity index (χ3v) is 1.76. The first-order valence-electron chi connectivity index (χ1n) is 3.71. The lowest BCUT2D eigenvalue weighted by Gasteiger charge is -2.17. The van der Waals surface area contributed by atoms with Gasteiger partial charge in [0.15, 0.2) is 0 Å². The average molecular weight is 213 g/mol. The van der Waals surface area contributed by atoms with Crippen molar-refractivity contribution in [3.05, 3.63) is 29.3 Å². The van der Waals surface area contributed by atoms with Crippen LogP contribution in [0.3, 0.4) is 0 Å². The summed E-state index contributed by atoms with van der Waals surface area (Å²) in [6, 6.07) is 5.53. The largest absolute Gasteiger partial charge is 0.369 e. The van der Waals surface area contributed by atoms with E-state index < -0.39 is 12.0 Å². The van der Waals surface area contributed by atoms with Crippen LogP contribution in [0.25, 0.3) is 0 Å². The number of nitrogens with one attached hydrogen (secondary N) is 1. The van der Waals surface area contributed by atoms with E-state index in [0.717, 1.165) is 4.90 Å². The zero-order valence-corrected chi connectivity index (χ0v) is 7.95. The number of nitrogens with zero attached hydrogens (tertiary/aromatic N) is 1. The molecule has 0 fully saturated rings. The maximum Gasteiger partial charge on any atom is 0.326 e. The molecule has 1 aromatic carbocycles. The molecule has 0 aliphatic carbocycles. The Morgan fingerprint density at radius 2 is 2.07 bits per heavy atom. The molecule has 5 nitrogen and oxygen atoms in total. The van der Waals surface area contributed by atoms with Gasteiger partial charge in [-0.2, -0.15) is 0 Å². The topological polar surface area (TPSA) is 96.2 Å². The summed E-state index contributed by atoms with van der Waals surface area (Å²) in [6.07, 6.45) is 0. The second kappa shape index (κ2) is 3.97. The van der Waals surface area contributed by atoms with Gasteiger partial charge in [0.1, 0.15) is 0 Å². The van der Waals surface area contributed by atoms with Crippen LogP contribution in [0.15, 0.2) is 24.3 Å². The summed E-state index contributed by atoms with van der Waals surface area (Å²) >= 11 is 5.71. The van der Waals surface area contributed by atoms with Gasteiger partial charge in [-0.3, -0.25) is 5.41 Å². The molecule has 0 saturated carbocycles. The lowest BCUT2D eigenvalue weighted by atomic mass is 10.3. The maximum atomic E-state index is 10.9. The lowest BCUT2D eigenvalue weighted by Crippen LogP contribution is -2.44. The molecule has 1 rings (SSSR count). The zero-order valence-electron chi connectivity index (χ0n) is 7.20. The Labute approximate surface area is 85.8 Å². The van der Waals surface area contributed by atoms with Crippen LogP contribution in [0.1, 0.15) is 0 Å². The number of anilines is 1. The molecule has 2 amide bonds. The fraction of sp³-hybridized carbons (Fsp3) is 0. The average Bonchev–Trinajstić information content (AvgIpc) is 2.02. The summed E-state index contributed by atoms with van der Waals surface area (Å²) in [5, 5.41) is 7.59. The minimum absolute atomic E-state index is 0.373.